The van der Waals surface area contributed by atoms with Gasteiger partial charge < -0.3 is 4.57 Å². The van der Waals surface area contributed by atoms with Crippen molar-refractivity contribution in [2.75, 3.05) is 0 Å². The number of hydrogen-bond acceptors (Lipinski definition) is 0. The first-order valence-electron chi connectivity index (χ1n) is 4.77. The predicted octanol–water partition coefficient (Wildman–Crippen LogP) is 3.90. The molecule has 0 fully saturated rings. The number of allylic oxidation sites excluding steroid dienone is 2. The number of nitrogens with zero attached hydrogens (tertiary/aromatic N) is 1. The number of rotatable bonds is 1. The first-order chi connectivity index (χ1) is 6.84. The molecule has 1 unspecified atom stereocenters. The molecule has 1 aliphatic carbocycles. The van der Waals surface area contributed by atoms with Crippen molar-refractivity contribution in [3.63, 3.8) is 0 Å². The van der Waals surface area contributed by atoms with E-state index in [9.17, 15) is 0 Å². The smallest absolute Gasteiger partial charge is 0.0551 e. The van der Waals surface area contributed by atoms with E-state index in [2.05, 4.69) is 63.1 Å². The maximum atomic E-state index is 3.49. The van der Waals surface area contributed by atoms with Gasteiger partial charge in [-0.3, -0.25) is 0 Å². The van der Waals surface area contributed by atoms with Crippen LogP contribution in [-0.4, -0.2) is 4.57 Å². The minimum absolute atomic E-state index is 0.577. The Morgan fingerprint density at radius 3 is 2.86 bits per heavy atom. The molecule has 2 aromatic rings. The first-order valence-corrected chi connectivity index (χ1v) is 5.57. The highest BCUT2D eigenvalue weighted by molar-refractivity contribution is 9.10. The van der Waals surface area contributed by atoms with Crippen molar-refractivity contribution in [2.45, 2.75) is 12.5 Å². The van der Waals surface area contributed by atoms with Gasteiger partial charge in [0.2, 0.25) is 0 Å². The summed E-state index contributed by atoms with van der Waals surface area (Å²) < 4.78 is 3.48. The number of hydrogen-bond donors (Lipinski definition) is 0. The largest absolute Gasteiger partial charge is 0.340 e. The molecule has 1 aromatic carbocycles. The summed E-state index contributed by atoms with van der Waals surface area (Å²) in [5.74, 6) is 0. The third-order valence-electron chi connectivity index (χ3n) is 2.78. The van der Waals surface area contributed by atoms with Crippen molar-refractivity contribution in [3.8, 4) is 0 Å². The van der Waals surface area contributed by atoms with Crippen molar-refractivity contribution in [1.29, 1.82) is 0 Å². The van der Waals surface area contributed by atoms with Gasteiger partial charge >= 0.3 is 0 Å². The van der Waals surface area contributed by atoms with E-state index in [4.69, 9.17) is 0 Å². The zero-order valence-electron chi connectivity index (χ0n) is 7.65. The van der Waals surface area contributed by atoms with Gasteiger partial charge in [-0.1, -0.05) is 28.1 Å². The second kappa shape index (κ2) is 2.99. The van der Waals surface area contributed by atoms with Crippen LogP contribution in [0.25, 0.3) is 10.9 Å². The van der Waals surface area contributed by atoms with Crippen molar-refractivity contribution < 1.29 is 0 Å². The summed E-state index contributed by atoms with van der Waals surface area (Å²) >= 11 is 3.49. The van der Waals surface area contributed by atoms with Gasteiger partial charge in [0.25, 0.3) is 0 Å². The van der Waals surface area contributed by atoms with Crippen LogP contribution in [0.2, 0.25) is 0 Å². The minimum Gasteiger partial charge on any atom is -0.340 e. The van der Waals surface area contributed by atoms with Crippen LogP contribution in [0.5, 0.6) is 0 Å². The SMILES string of the molecule is Brc1ccc2c(ccn2C2C=CC2)c1. The van der Waals surface area contributed by atoms with Crippen molar-refractivity contribution in [3.05, 3.63) is 47.1 Å². The van der Waals surface area contributed by atoms with Crippen LogP contribution in [-0.2, 0) is 0 Å². The fourth-order valence-electron chi connectivity index (χ4n) is 1.89. The number of benzene rings is 1. The Hall–Kier alpha value is -1.02. The molecule has 0 saturated carbocycles. The summed E-state index contributed by atoms with van der Waals surface area (Å²) in [7, 11) is 0. The molecule has 1 aromatic heterocycles. The lowest BCUT2D eigenvalue weighted by Gasteiger charge is -2.20. The van der Waals surface area contributed by atoms with Gasteiger partial charge in [0.1, 0.15) is 0 Å². The molecule has 1 heterocycles. The van der Waals surface area contributed by atoms with Crippen LogP contribution < -0.4 is 0 Å². The highest BCUT2D eigenvalue weighted by Gasteiger charge is 2.13. The molecule has 0 N–H and O–H groups in total. The molecule has 14 heavy (non-hydrogen) atoms. The van der Waals surface area contributed by atoms with Gasteiger partial charge in [0.05, 0.1) is 6.04 Å². The standard InChI is InChI=1S/C12H10BrN/c13-10-4-5-12-9(8-10)6-7-14(12)11-2-1-3-11/h1-2,4-8,11H,3H2. The van der Waals surface area contributed by atoms with Crippen LogP contribution in [0.15, 0.2) is 47.1 Å². The van der Waals surface area contributed by atoms with E-state index in [1.54, 1.807) is 0 Å². The molecule has 0 aliphatic heterocycles. The van der Waals surface area contributed by atoms with Crippen LogP contribution >= 0.6 is 15.9 Å². The van der Waals surface area contributed by atoms with E-state index in [0.29, 0.717) is 6.04 Å². The lowest BCUT2D eigenvalue weighted by molar-refractivity contribution is 0.590. The maximum absolute atomic E-state index is 3.49. The molecule has 0 spiro atoms. The molecule has 70 valence electrons. The van der Waals surface area contributed by atoms with E-state index in [1.807, 2.05) is 0 Å². The average molecular weight is 248 g/mol. The van der Waals surface area contributed by atoms with Crippen LogP contribution in [0.1, 0.15) is 12.5 Å². The summed E-state index contributed by atoms with van der Waals surface area (Å²) in [5, 5.41) is 1.31. The summed E-state index contributed by atoms with van der Waals surface area (Å²) in [6.45, 7) is 0. The van der Waals surface area contributed by atoms with Crippen LogP contribution in [0, 0.1) is 0 Å². The summed E-state index contributed by atoms with van der Waals surface area (Å²) in [5.41, 5.74) is 1.32. The molecule has 1 nitrogen and oxygen atoms in total. The second-order valence-corrected chi connectivity index (χ2v) is 4.57. The van der Waals surface area contributed by atoms with Gasteiger partial charge in [-0.2, -0.15) is 0 Å². The lowest BCUT2D eigenvalue weighted by Crippen LogP contribution is -2.09. The normalized spacial score (nSPS) is 19.9. The van der Waals surface area contributed by atoms with Crippen molar-refractivity contribution in [1.82, 2.24) is 4.57 Å². The van der Waals surface area contributed by atoms with E-state index in [0.717, 1.165) is 4.47 Å². The second-order valence-electron chi connectivity index (χ2n) is 3.66. The molecule has 3 rings (SSSR count). The van der Waals surface area contributed by atoms with Gasteiger partial charge in [-0.05, 0) is 30.7 Å². The van der Waals surface area contributed by atoms with Crippen LogP contribution in [0.4, 0.5) is 0 Å². The van der Waals surface area contributed by atoms with E-state index in [-0.39, 0.29) is 0 Å². The Kier molecular flexibility index (Phi) is 1.77. The topological polar surface area (TPSA) is 4.93 Å². The molecular weight excluding hydrogens is 238 g/mol. The highest BCUT2D eigenvalue weighted by atomic mass is 79.9. The van der Waals surface area contributed by atoms with Crippen LogP contribution in [0.3, 0.4) is 0 Å². The molecule has 0 bridgehead atoms. The third kappa shape index (κ3) is 1.14. The number of halogens is 1. The molecule has 2 heteroatoms. The minimum atomic E-state index is 0.577. The summed E-state index contributed by atoms with van der Waals surface area (Å²) in [6.07, 6.45) is 7.81. The Labute approximate surface area is 91.2 Å². The van der Waals surface area contributed by atoms with Crippen molar-refractivity contribution in [2.24, 2.45) is 0 Å². The fourth-order valence-corrected chi connectivity index (χ4v) is 2.27. The van der Waals surface area contributed by atoms with Gasteiger partial charge in [0.15, 0.2) is 0 Å². The zero-order valence-corrected chi connectivity index (χ0v) is 9.24. The predicted molar refractivity (Wildman–Crippen MR) is 62.4 cm³/mol. The molecule has 0 radical (unpaired) electrons. The fraction of sp³-hybridized carbons (Fsp3) is 0.167. The van der Waals surface area contributed by atoms with E-state index < -0.39 is 0 Å². The van der Waals surface area contributed by atoms with Crippen molar-refractivity contribution >= 4 is 26.8 Å². The summed E-state index contributed by atoms with van der Waals surface area (Å²) in [4.78, 5) is 0. The Balaban J connectivity index is 2.21. The summed E-state index contributed by atoms with van der Waals surface area (Å²) in [6, 6.07) is 9.18. The molecule has 1 atom stereocenters. The third-order valence-corrected chi connectivity index (χ3v) is 3.27. The number of fused-ring (bicyclic) bond motifs is 1. The van der Waals surface area contributed by atoms with Gasteiger partial charge in [0, 0.05) is 21.6 Å². The first kappa shape index (κ1) is 8.30. The lowest BCUT2D eigenvalue weighted by atomic mass is 10.0. The molecule has 1 aliphatic rings. The molecule has 0 saturated heterocycles. The zero-order chi connectivity index (χ0) is 9.54. The Morgan fingerprint density at radius 1 is 1.29 bits per heavy atom. The Bertz CT molecular complexity index is 510. The van der Waals surface area contributed by atoms with E-state index >= 15 is 0 Å². The van der Waals surface area contributed by atoms with Gasteiger partial charge in [-0.15, -0.1) is 0 Å². The monoisotopic (exact) mass is 247 g/mol. The number of aromatic nitrogens is 1. The molecule has 0 amide bonds. The average Bonchev–Trinajstić information content (AvgIpc) is 2.45. The Morgan fingerprint density at radius 2 is 2.14 bits per heavy atom. The molecular formula is C12H10BrN. The quantitative estimate of drug-likeness (QED) is 0.674. The highest BCUT2D eigenvalue weighted by Crippen LogP contribution is 2.29. The maximum Gasteiger partial charge on any atom is 0.0551 e. The van der Waals surface area contributed by atoms with Gasteiger partial charge in [-0.25, -0.2) is 0 Å². The van der Waals surface area contributed by atoms with E-state index in [1.165, 1.54) is 17.3 Å².